The fourth-order valence-electron chi connectivity index (χ4n) is 3.99. The second-order valence-corrected chi connectivity index (χ2v) is 8.69. The van der Waals surface area contributed by atoms with Gasteiger partial charge in [0.15, 0.2) is 4.80 Å². The van der Waals surface area contributed by atoms with Gasteiger partial charge in [0.05, 0.1) is 49.8 Å². The van der Waals surface area contributed by atoms with E-state index in [1.165, 1.54) is 11.3 Å². The third-order valence-electron chi connectivity index (χ3n) is 5.67. The summed E-state index contributed by atoms with van der Waals surface area (Å²) in [4.78, 5) is 31.8. The van der Waals surface area contributed by atoms with Crippen LogP contribution in [0.4, 0.5) is 0 Å². The number of methoxy groups -OCH3 is 3. The van der Waals surface area contributed by atoms with Crippen LogP contribution in [0.15, 0.2) is 63.5 Å². The molecular formula is C26H26N2O6S. The van der Waals surface area contributed by atoms with Gasteiger partial charge in [0, 0.05) is 5.56 Å². The first-order valence-electron chi connectivity index (χ1n) is 11.0. The van der Waals surface area contributed by atoms with E-state index in [2.05, 4.69) is 4.99 Å². The van der Waals surface area contributed by atoms with Crippen LogP contribution in [0.1, 0.15) is 31.0 Å². The van der Waals surface area contributed by atoms with Gasteiger partial charge in [0.1, 0.15) is 17.2 Å². The van der Waals surface area contributed by atoms with Gasteiger partial charge in [-0.05, 0) is 55.8 Å². The summed E-state index contributed by atoms with van der Waals surface area (Å²) < 4.78 is 23.4. The number of rotatable bonds is 7. The lowest BCUT2D eigenvalue weighted by Gasteiger charge is -2.24. The highest BCUT2D eigenvalue weighted by atomic mass is 32.1. The van der Waals surface area contributed by atoms with E-state index in [1.54, 1.807) is 76.2 Å². The van der Waals surface area contributed by atoms with E-state index in [1.807, 2.05) is 12.1 Å². The van der Waals surface area contributed by atoms with Crippen molar-refractivity contribution < 1.29 is 23.7 Å². The lowest BCUT2D eigenvalue weighted by molar-refractivity contribution is -0.139. The van der Waals surface area contributed by atoms with Gasteiger partial charge in [-0.1, -0.05) is 23.5 Å². The highest BCUT2D eigenvalue weighted by Gasteiger charge is 2.33. The molecule has 0 fully saturated rings. The van der Waals surface area contributed by atoms with Crippen LogP contribution in [0, 0.1) is 0 Å². The molecule has 182 valence electrons. The summed E-state index contributed by atoms with van der Waals surface area (Å²) in [5.74, 6) is 1.41. The maximum atomic E-state index is 13.7. The average molecular weight is 495 g/mol. The zero-order chi connectivity index (χ0) is 25.1. The van der Waals surface area contributed by atoms with E-state index in [4.69, 9.17) is 18.9 Å². The third kappa shape index (κ3) is 4.59. The van der Waals surface area contributed by atoms with Crippen LogP contribution in [0.3, 0.4) is 0 Å². The topological polar surface area (TPSA) is 88.4 Å². The Bertz CT molecular complexity index is 1470. The fourth-order valence-corrected chi connectivity index (χ4v) is 5.02. The van der Waals surface area contributed by atoms with Gasteiger partial charge in [-0.2, -0.15) is 0 Å². The minimum Gasteiger partial charge on any atom is -0.497 e. The minimum atomic E-state index is -0.689. The summed E-state index contributed by atoms with van der Waals surface area (Å²) in [6, 6.07) is 11.9. The number of benzene rings is 2. The molecule has 0 saturated heterocycles. The van der Waals surface area contributed by atoms with Crippen molar-refractivity contribution in [3.63, 3.8) is 0 Å². The molecule has 0 radical (unpaired) electrons. The van der Waals surface area contributed by atoms with E-state index in [9.17, 15) is 9.59 Å². The van der Waals surface area contributed by atoms with E-state index in [0.29, 0.717) is 43.4 Å². The van der Waals surface area contributed by atoms with Crippen LogP contribution in [0.2, 0.25) is 0 Å². The maximum Gasteiger partial charge on any atom is 0.338 e. The minimum absolute atomic E-state index is 0.213. The molecule has 35 heavy (non-hydrogen) atoms. The molecule has 0 N–H and O–H groups in total. The molecule has 2 aromatic carbocycles. The lowest BCUT2D eigenvalue weighted by atomic mass is 9.96. The van der Waals surface area contributed by atoms with Crippen molar-refractivity contribution in [2.24, 2.45) is 4.99 Å². The molecule has 1 atom stereocenters. The predicted octanol–water partition coefficient (Wildman–Crippen LogP) is 2.82. The van der Waals surface area contributed by atoms with Crippen molar-refractivity contribution in [2.75, 3.05) is 27.9 Å². The van der Waals surface area contributed by atoms with Gasteiger partial charge >= 0.3 is 5.97 Å². The van der Waals surface area contributed by atoms with Crippen molar-refractivity contribution in [3.05, 3.63) is 84.5 Å². The molecule has 0 unspecified atom stereocenters. The molecule has 3 aromatic rings. The Hall–Kier alpha value is -3.85. The van der Waals surface area contributed by atoms with Crippen LogP contribution in [0.25, 0.3) is 6.08 Å². The zero-order valence-corrected chi connectivity index (χ0v) is 21.0. The first-order chi connectivity index (χ1) is 16.9. The third-order valence-corrected chi connectivity index (χ3v) is 6.65. The number of fused-ring (bicyclic) bond motifs is 1. The molecule has 4 rings (SSSR count). The van der Waals surface area contributed by atoms with E-state index in [-0.39, 0.29) is 12.2 Å². The Balaban J connectivity index is 1.95. The highest BCUT2D eigenvalue weighted by molar-refractivity contribution is 7.07. The Kier molecular flexibility index (Phi) is 7.07. The molecule has 0 bridgehead atoms. The molecule has 0 saturated carbocycles. The van der Waals surface area contributed by atoms with Crippen molar-refractivity contribution >= 4 is 23.4 Å². The Morgan fingerprint density at radius 3 is 2.37 bits per heavy atom. The largest absolute Gasteiger partial charge is 0.497 e. The second kappa shape index (κ2) is 10.2. The summed E-state index contributed by atoms with van der Waals surface area (Å²) in [6.07, 6.45) is 1.75. The first kappa shape index (κ1) is 24.3. The van der Waals surface area contributed by atoms with E-state index < -0.39 is 12.0 Å². The number of ether oxygens (including phenoxy) is 4. The lowest BCUT2D eigenvalue weighted by Crippen LogP contribution is -2.39. The summed E-state index contributed by atoms with van der Waals surface area (Å²) in [6.45, 7) is 3.71. The summed E-state index contributed by atoms with van der Waals surface area (Å²) >= 11 is 1.25. The van der Waals surface area contributed by atoms with Crippen molar-refractivity contribution in [3.8, 4) is 17.2 Å². The van der Waals surface area contributed by atoms with Gasteiger partial charge in [-0.15, -0.1) is 0 Å². The average Bonchev–Trinajstić information content (AvgIpc) is 3.17. The number of aromatic nitrogens is 1. The summed E-state index contributed by atoms with van der Waals surface area (Å²) in [7, 11) is 4.73. The Morgan fingerprint density at radius 1 is 1.06 bits per heavy atom. The number of nitrogens with zero attached hydrogens (tertiary/aromatic N) is 2. The molecule has 1 aliphatic heterocycles. The Labute approximate surface area is 206 Å². The summed E-state index contributed by atoms with van der Waals surface area (Å²) in [5.41, 5.74) is 2.01. The SMILES string of the molecule is CCOC(=O)C1=C(C)N=c2s/c(=C\c3cc(OC)ccc3OC)c(=O)n2[C@H]1c1ccc(OC)cc1. The number of allylic oxidation sites excluding steroid dienone is 1. The van der Waals surface area contributed by atoms with Crippen LogP contribution in [-0.2, 0) is 9.53 Å². The molecule has 8 nitrogen and oxygen atoms in total. The van der Waals surface area contributed by atoms with Crippen LogP contribution >= 0.6 is 11.3 Å². The van der Waals surface area contributed by atoms with Gasteiger partial charge < -0.3 is 18.9 Å². The van der Waals surface area contributed by atoms with E-state index >= 15 is 0 Å². The molecule has 1 aromatic heterocycles. The second-order valence-electron chi connectivity index (χ2n) is 7.68. The van der Waals surface area contributed by atoms with Crippen molar-refractivity contribution in [2.45, 2.75) is 19.9 Å². The number of carbonyl (C=O) groups excluding carboxylic acids is 1. The predicted molar refractivity (Wildman–Crippen MR) is 133 cm³/mol. The molecule has 1 aliphatic rings. The van der Waals surface area contributed by atoms with Crippen molar-refractivity contribution in [1.82, 2.24) is 4.57 Å². The quantitative estimate of drug-likeness (QED) is 0.470. The number of esters is 1. The first-order valence-corrected chi connectivity index (χ1v) is 11.8. The maximum absolute atomic E-state index is 13.7. The van der Waals surface area contributed by atoms with Gasteiger partial charge in [0.25, 0.3) is 5.56 Å². The van der Waals surface area contributed by atoms with Crippen LogP contribution in [-0.4, -0.2) is 38.5 Å². The fraction of sp³-hybridized carbons (Fsp3) is 0.269. The monoisotopic (exact) mass is 494 g/mol. The van der Waals surface area contributed by atoms with Crippen molar-refractivity contribution in [1.29, 1.82) is 0 Å². The normalized spacial score (nSPS) is 15.3. The molecule has 0 spiro atoms. The van der Waals surface area contributed by atoms with Gasteiger partial charge in [0.2, 0.25) is 0 Å². The smallest absolute Gasteiger partial charge is 0.338 e. The van der Waals surface area contributed by atoms with Gasteiger partial charge in [-0.25, -0.2) is 9.79 Å². The Morgan fingerprint density at radius 2 is 1.74 bits per heavy atom. The molecule has 2 heterocycles. The van der Waals surface area contributed by atoms with Crippen LogP contribution in [0.5, 0.6) is 17.2 Å². The molecule has 0 amide bonds. The molecule has 0 aliphatic carbocycles. The van der Waals surface area contributed by atoms with Crippen LogP contribution < -0.4 is 29.1 Å². The highest BCUT2D eigenvalue weighted by Crippen LogP contribution is 2.31. The standard InChI is InChI=1S/C26H26N2O6S/c1-6-34-25(30)22-15(2)27-26-28(23(22)16-7-9-18(31-3)10-8-16)24(29)21(35-26)14-17-13-19(32-4)11-12-20(17)33-5/h7-14,23H,6H2,1-5H3/b21-14-/t23-/m0/s1. The number of hydrogen-bond donors (Lipinski definition) is 0. The number of carbonyl (C=O) groups is 1. The zero-order valence-electron chi connectivity index (χ0n) is 20.2. The summed E-state index contributed by atoms with van der Waals surface area (Å²) in [5, 5.41) is 0. The van der Waals surface area contributed by atoms with Gasteiger partial charge in [-0.3, -0.25) is 9.36 Å². The molecule has 9 heteroatoms. The molecular weight excluding hydrogens is 468 g/mol. The number of hydrogen-bond acceptors (Lipinski definition) is 8. The number of thiazole rings is 1. The van der Waals surface area contributed by atoms with E-state index in [0.717, 1.165) is 5.56 Å².